The smallest absolute Gasteiger partial charge is 0.0414 e. The molecule has 0 aromatic rings. The Hall–Kier alpha value is 0. The third kappa shape index (κ3) is 26.3. The number of hydrogen-bond donors (Lipinski definition) is 0. The van der Waals surface area contributed by atoms with Crippen LogP contribution in [0.1, 0.15) is 194 Å². The lowest BCUT2D eigenvalue weighted by atomic mass is 9.90. The summed E-state index contributed by atoms with van der Waals surface area (Å²) in [6.07, 6.45) is 40.6. The van der Waals surface area contributed by atoms with Crippen molar-refractivity contribution in [1.29, 1.82) is 0 Å². The van der Waals surface area contributed by atoms with E-state index in [1.54, 1.807) is 0 Å². The minimum atomic E-state index is 0.971. The monoisotopic (exact) mass is 450 g/mol. The van der Waals surface area contributed by atoms with Gasteiger partial charge in [-0.15, -0.1) is 0 Å². The zero-order valence-corrected chi connectivity index (χ0v) is 23.1. The molecule has 0 atom stereocenters. The maximum Gasteiger partial charge on any atom is -0.0414 e. The van der Waals surface area contributed by atoms with Crippen LogP contribution in [0.4, 0.5) is 0 Å². The minimum absolute atomic E-state index is 0.971. The Morgan fingerprint density at radius 2 is 0.594 bits per heavy atom. The van der Waals surface area contributed by atoms with Crippen molar-refractivity contribution in [3.05, 3.63) is 6.92 Å². The van der Waals surface area contributed by atoms with Crippen molar-refractivity contribution in [2.45, 2.75) is 194 Å². The van der Waals surface area contributed by atoms with E-state index in [4.69, 9.17) is 0 Å². The zero-order chi connectivity index (χ0) is 23.4. The van der Waals surface area contributed by atoms with Gasteiger partial charge in [-0.2, -0.15) is 0 Å². The maximum absolute atomic E-state index is 4.14. The van der Waals surface area contributed by atoms with Gasteiger partial charge in [0.15, 0.2) is 0 Å². The average molecular weight is 450 g/mol. The van der Waals surface area contributed by atoms with E-state index in [2.05, 4.69) is 20.8 Å². The molecule has 0 N–H and O–H groups in total. The summed E-state index contributed by atoms with van der Waals surface area (Å²) in [7, 11) is 0. The van der Waals surface area contributed by atoms with E-state index in [9.17, 15) is 0 Å². The Labute approximate surface area is 206 Å². The van der Waals surface area contributed by atoms with Crippen molar-refractivity contribution in [2.24, 2.45) is 5.92 Å². The summed E-state index contributed by atoms with van der Waals surface area (Å²) in [5, 5.41) is 0. The Morgan fingerprint density at radius 1 is 0.344 bits per heavy atom. The molecule has 0 aromatic heterocycles. The molecule has 0 fully saturated rings. The summed E-state index contributed by atoms with van der Waals surface area (Å²) in [6.45, 7) is 8.76. The van der Waals surface area contributed by atoms with Crippen LogP contribution >= 0.6 is 0 Å². The molecule has 0 amide bonds. The Morgan fingerprint density at radius 3 is 0.844 bits per heavy atom. The highest BCUT2D eigenvalue weighted by Gasteiger charge is 2.07. The molecule has 32 heavy (non-hydrogen) atoms. The van der Waals surface area contributed by atoms with E-state index in [-0.39, 0.29) is 0 Å². The molecule has 0 nitrogen and oxygen atoms in total. The van der Waals surface area contributed by atoms with Gasteiger partial charge in [-0.3, -0.25) is 0 Å². The van der Waals surface area contributed by atoms with E-state index in [0.717, 1.165) is 12.3 Å². The highest BCUT2D eigenvalue weighted by atomic mass is 14.1. The summed E-state index contributed by atoms with van der Waals surface area (Å²) < 4.78 is 0. The lowest BCUT2D eigenvalue weighted by Gasteiger charge is -2.16. The van der Waals surface area contributed by atoms with E-state index in [1.807, 2.05) is 0 Å². The Kier molecular flexibility index (Phi) is 29.0. The molecule has 0 aliphatic rings. The summed E-state index contributed by atoms with van der Waals surface area (Å²) in [5.74, 6) is 0.971. The van der Waals surface area contributed by atoms with Gasteiger partial charge in [0.1, 0.15) is 0 Å². The van der Waals surface area contributed by atoms with Crippen molar-refractivity contribution in [1.82, 2.24) is 0 Å². The molecule has 0 bridgehead atoms. The summed E-state index contributed by atoms with van der Waals surface area (Å²) >= 11 is 0. The van der Waals surface area contributed by atoms with Crippen molar-refractivity contribution in [3.63, 3.8) is 0 Å². The fraction of sp³-hybridized carbons (Fsp3) is 0.969. The van der Waals surface area contributed by atoms with Crippen LogP contribution in [0.2, 0.25) is 0 Å². The minimum Gasteiger partial charge on any atom is -0.0654 e. The van der Waals surface area contributed by atoms with Crippen LogP contribution in [-0.2, 0) is 0 Å². The molecule has 0 rings (SSSR count). The van der Waals surface area contributed by atoms with E-state index in [1.165, 1.54) is 173 Å². The molecule has 0 spiro atoms. The second kappa shape index (κ2) is 29.0. The Bertz CT molecular complexity index is 279. The quantitative estimate of drug-likeness (QED) is 0.104. The predicted molar refractivity (Wildman–Crippen MR) is 149 cm³/mol. The second-order valence-corrected chi connectivity index (χ2v) is 10.9. The third-order valence-corrected chi connectivity index (χ3v) is 7.54. The van der Waals surface area contributed by atoms with Gasteiger partial charge in [0.2, 0.25) is 0 Å². The Balaban J connectivity index is 3.39. The molecule has 0 saturated carbocycles. The largest absolute Gasteiger partial charge is 0.0654 e. The van der Waals surface area contributed by atoms with Crippen molar-refractivity contribution in [3.8, 4) is 0 Å². The van der Waals surface area contributed by atoms with Gasteiger partial charge < -0.3 is 0 Å². The van der Waals surface area contributed by atoms with Gasteiger partial charge in [0.25, 0.3) is 0 Å². The van der Waals surface area contributed by atoms with Crippen LogP contribution in [0, 0.1) is 12.8 Å². The van der Waals surface area contributed by atoms with Gasteiger partial charge in [0.05, 0.1) is 0 Å². The van der Waals surface area contributed by atoms with Crippen LogP contribution < -0.4 is 0 Å². The first-order valence-electron chi connectivity index (χ1n) is 15.6. The molecule has 0 aliphatic carbocycles. The first-order valence-corrected chi connectivity index (χ1v) is 15.6. The number of rotatable bonds is 28. The van der Waals surface area contributed by atoms with E-state index < -0.39 is 0 Å². The van der Waals surface area contributed by atoms with Gasteiger partial charge in [-0.1, -0.05) is 201 Å². The molecule has 0 heteroatoms. The highest BCUT2D eigenvalue weighted by Crippen LogP contribution is 2.23. The van der Waals surface area contributed by atoms with E-state index in [0.29, 0.717) is 0 Å². The molecule has 1 radical (unpaired) electrons. The van der Waals surface area contributed by atoms with Crippen molar-refractivity contribution < 1.29 is 0 Å². The SMILES string of the molecule is [CH2]CCC(CCCCCCCCCCCCCC)CCCCCCCCCCCCCC. The number of unbranched alkanes of at least 4 members (excludes halogenated alkanes) is 22. The standard InChI is InChI=1S/C32H65/c1-4-7-9-11-13-15-17-19-21-23-25-27-30-32(29-6-3)31-28-26-24-22-20-18-16-14-12-10-8-5-2/h32H,3-31H2,1-2H3. The van der Waals surface area contributed by atoms with Crippen LogP contribution in [-0.4, -0.2) is 0 Å². The molecule has 0 aliphatic heterocycles. The fourth-order valence-corrected chi connectivity index (χ4v) is 5.27. The van der Waals surface area contributed by atoms with Gasteiger partial charge in [-0.25, -0.2) is 0 Å². The van der Waals surface area contributed by atoms with Crippen molar-refractivity contribution in [2.75, 3.05) is 0 Å². The van der Waals surface area contributed by atoms with Crippen LogP contribution in [0.3, 0.4) is 0 Å². The molecular formula is C32H65. The first kappa shape index (κ1) is 32.0. The predicted octanol–water partition coefficient (Wildman–Crippen LogP) is 12.4. The zero-order valence-electron chi connectivity index (χ0n) is 23.1. The average Bonchev–Trinajstić information content (AvgIpc) is 2.80. The highest BCUT2D eigenvalue weighted by molar-refractivity contribution is 4.62. The fourth-order valence-electron chi connectivity index (χ4n) is 5.27. The third-order valence-electron chi connectivity index (χ3n) is 7.54. The maximum atomic E-state index is 4.14. The van der Waals surface area contributed by atoms with Gasteiger partial charge in [-0.05, 0) is 5.92 Å². The van der Waals surface area contributed by atoms with Crippen LogP contribution in [0.5, 0.6) is 0 Å². The summed E-state index contributed by atoms with van der Waals surface area (Å²) in [4.78, 5) is 0. The molecule has 0 heterocycles. The summed E-state index contributed by atoms with van der Waals surface area (Å²) in [5.41, 5.74) is 0. The number of hydrogen-bond acceptors (Lipinski definition) is 0. The molecular weight excluding hydrogens is 384 g/mol. The normalized spacial score (nSPS) is 11.6. The van der Waals surface area contributed by atoms with Crippen LogP contribution in [0.15, 0.2) is 0 Å². The topological polar surface area (TPSA) is 0 Å². The van der Waals surface area contributed by atoms with Crippen LogP contribution in [0.25, 0.3) is 0 Å². The molecule has 0 saturated heterocycles. The lowest BCUT2D eigenvalue weighted by Crippen LogP contribution is -2.00. The van der Waals surface area contributed by atoms with Gasteiger partial charge >= 0.3 is 0 Å². The van der Waals surface area contributed by atoms with Crippen molar-refractivity contribution >= 4 is 0 Å². The molecule has 0 aromatic carbocycles. The lowest BCUT2D eigenvalue weighted by molar-refractivity contribution is 0.381. The van der Waals surface area contributed by atoms with Gasteiger partial charge in [0, 0.05) is 0 Å². The molecule has 193 valence electrons. The summed E-state index contributed by atoms with van der Waals surface area (Å²) in [6, 6.07) is 0. The molecule has 0 unspecified atom stereocenters. The first-order chi connectivity index (χ1) is 15.8. The van der Waals surface area contributed by atoms with E-state index >= 15 is 0 Å². The second-order valence-electron chi connectivity index (χ2n) is 10.9.